The number of ether oxygens (including phenoxy) is 1. The molecular weight excluding hydrogens is 272 g/mol. The standard InChI is InChI=1S/C17H15F2NO/c1-2-20-15(10-12-9-14(19)5-8-17(12)20)11-21-16-6-3-13(18)4-7-16/h3-10H,2,11H2,1H3. The van der Waals surface area contributed by atoms with Crippen molar-refractivity contribution in [2.45, 2.75) is 20.1 Å². The van der Waals surface area contributed by atoms with Crippen LogP contribution in [0.5, 0.6) is 5.75 Å². The summed E-state index contributed by atoms with van der Waals surface area (Å²) in [5.41, 5.74) is 1.94. The average Bonchev–Trinajstić information content (AvgIpc) is 2.83. The van der Waals surface area contributed by atoms with E-state index in [1.807, 2.05) is 13.0 Å². The van der Waals surface area contributed by atoms with Crippen LogP contribution in [0.15, 0.2) is 48.5 Å². The Kier molecular flexibility index (Phi) is 3.60. The molecule has 0 aliphatic carbocycles. The van der Waals surface area contributed by atoms with Gasteiger partial charge in [0.15, 0.2) is 0 Å². The number of aryl methyl sites for hydroxylation is 1. The van der Waals surface area contributed by atoms with Crippen molar-refractivity contribution in [3.8, 4) is 5.75 Å². The van der Waals surface area contributed by atoms with Crippen LogP contribution in [0.25, 0.3) is 10.9 Å². The third-order valence-corrected chi connectivity index (χ3v) is 3.47. The Balaban J connectivity index is 1.87. The number of rotatable bonds is 4. The molecule has 0 N–H and O–H groups in total. The second kappa shape index (κ2) is 5.56. The fraction of sp³-hybridized carbons (Fsp3) is 0.176. The molecule has 0 aliphatic heterocycles. The highest BCUT2D eigenvalue weighted by atomic mass is 19.1. The van der Waals surface area contributed by atoms with E-state index in [-0.39, 0.29) is 11.6 Å². The maximum Gasteiger partial charge on any atom is 0.128 e. The van der Waals surface area contributed by atoms with E-state index < -0.39 is 0 Å². The zero-order valence-corrected chi connectivity index (χ0v) is 11.6. The van der Waals surface area contributed by atoms with Gasteiger partial charge in [-0.15, -0.1) is 0 Å². The molecule has 0 saturated heterocycles. The van der Waals surface area contributed by atoms with Crippen LogP contribution >= 0.6 is 0 Å². The summed E-state index contributed by atoms with van der Waals surface area (Å²) in [6.07, 6.45) is 0. The Morgan fingerprint density at radius 2 is 1.67 bits per heavy atom. The van der Waals surface area contributed by atoms with Crippen LogP contribution in [0.1, 0.15) is 12.6 Å². The Labute approximate surface area is 121 Å². The first-order valence-electron chi connectivity index (χ1n) is 6.83. The predicted octanol–water partition coefficient (Wildman–Crippen LogP) is 4.52. The molecule has 3 aromatic rings. The molecule has 108 valence electrons. The van der Waals surface area contributed by atoms with Gasteiger partial charge in [0.2, 0.25) is 0 Å². The molecule has 1 aromatic heterocycles. The van der Waals surface area contributed by atoms with E-state index in [0.717, 1.165) is 23.1 Å². The lowest BCUT2D eigenvalue weighted by Gasteiger charge is -2.09. The van der Waals surface area contributed by atoms with Crippen molar-refractivity contribution in [1.29, 1.82) is 0 Å². The first kappa shape index (κ1) is 13.6. The Hall–Kier alpha value is -2.36. The molecule has 2 nitrogen and oxygen atoms in total. The SMILES string of the molecule is CCn1c(COc2ccc(F)cc2)cc2cc(F)ccc21. The Morgan fingerprint density at radius 1 is 0.952 bits per heavy atom. The number of benzene rings is 2. The number of hydrogen-bond donors (Lipinski definition) is 0. The van der Waals surface area contributed by atoms with Gasteiger partial charge in [0.25, 0.3) is 0 Å². The van der Waals surface area contributed by atoms with Crippen molar-refractivity contribution >= 4 is 10.9 Å². The van der Waals surface area contributed by atoms with Gasteiger partial charge in [0.1, 0.15) is 24.0 Å². The van der Waals surface area contributed by atoms with E-state index in [0.29, 0.717) is 12.4 Å². The fourth-order valence-electron chi connectivity index (χ4n) is 2.48. The van der Waals surface area contributed by atoms with Crippen molar-refractivity contribution in [3.05, 3.63) is 65.9 Å². The van der Waals surface area contributed by atoms with E-state index in [2.05, 4.69) is 4.57 Å². The first-order chi connectivity index (χ1) is 10.2. The van der Waals surface area contributed by atoms with E-state index in [1.54, 1.807) is 18.2 Å². The van der Waals surface area contributed by atoms with Crippen LogP contribution in [-0.4, -0.2) is 4.57 Å². The Morgan fingerprint density at radius 3 is 2.38 bits per heavy atom. The highest BCUT2D eigenvalue weighted by molar-refractivity contribution is 5.81. The van der Waals surface area contributed by atoms with E-state index in [1.165, 1.54) is 24.3 Å². The van der Waals surface area contributed by atoms with E-state index >= 15 is 0 Å². The van der Waals surface area contributed by atoms with Gasteiger partial charge in [-0.1, -0.05) is 0 Å². The van der Waals surface area contributed by atoms with Gasteiger partial charge in [-0.25, -0.2) is 8.78 Å². The molecule has 0 bridgehead atoms. The maximum absolute atomic E-state index is 13.3. The predicted molar refractivity (Wildman–Crippen MR) is 78.3 cm³/mol. The number of hydrogen-bond acceptors (Lipinski definition) is 1. The van der Waals surface area contributed by atoms with Crippen LogP contribution < -0.4 is 4.74 Å². The van der Waals surface area contributed by atoms with Crippen molar-refractivity contribution < 1.29 is 13.5 Å². The monoisotopic (exact) mass is 287 g/mol. The Bertz CT molecular complexity index is 762. The summed E-state index contributed by atoms with van der Waals surface area (Å²) in [5, 5.41) is 0.856. The molecule has 0 spiro atoms. The highest BCUT2D eigenvalue weighted by Gasteiger charge is 2.09. The van der Waals surface area contributed by atoms with Gasteiger partial charge >= 0.3 is 0 Å². The second-order valence-electron chi connectivity index (χ2n) is 4.83. The summed E-state index contributed by atoms with van der Waals surface area (Å²) < 4.78 is 33.9. The van der Waals surface area contributed by atoms with Crippen LogP contribution in [-0.2, 0) is 13.2 Å². The molecule has 2 aromatic carbocycles. The molecular formula is C17H15F2NO. The average molecular weight is 287 g/mol. The molecule has 4 heteroatoms. The molecule has 0 amide bonds. The summed E-state index contributed by atoms with van der Waals surface area (Å²) >= 11 is 0. The van der Waals surface area contributed by atoms with E-state index in [4.69, 9.17) is 4.74 Å². The van der Waals surface area contributed by atoms with Crippen LogP contribution in [0, 0.1) is 11.6 Å². The van der Waals surface area contributed by atoms with Crippen molar-refractivity contribution in [3.63, 3.8) is 0 Å². The fourth-order valence-corrected chi connectivity index (χ4v) is 2.48. The number of halogens is 2. The minimum Gasteiger partial charge on any atom is -0.487 e. The summed E-state index contributed by atoms with van der Waals surface area (Å²) in [5.74, 6) is 0.0674. The number of nitrogens with zero attached hydrogens (tertiary/aromatic N) is 1. The lowest BCUT2D eigenvalue weighted by Crippen LogP contribution is -2.04. The second-order valence-corrected chi connectivity index (χ2v) is 4.83. The third kappa shape index (κ3) is 2.75. The summed E-state index contributed by atoms with van der Waals surface area (Å²) in [7, 11) is 0. The molecule has 3 rings (SSSR count). The summed E-state index contributed by atoms with van der Waals surface area (Å²) in [4.78, 5) is 0. The van der Waals surface area contributed by atoms with Gasteiger partial charge in [0.05, 0.1) is 5.69 Å². The van der Waals surface area contributed by atoms with Gasteiger partial charge < -0.3 is 9.30 Å². The molecule has 0 saturated carbocycles. The van der Waals surface area contributed by atoms with Gasteiger partial charge in [-0.05, 0) is 55.5 Å². The topological polar surface area (TPSA) is 14.2 Å². The quantitative estimate of drug-likeness (QED) is 0.688. The molecule has 21 heavy (non-hydrogen) atoms. The van der Waals surface area contributed by atoms with Crippen LogP contribution in [0.2, 0.25) is 0 Å². The summed E-state index contributed by atoms with van der Waals surface area (Å²) in [6.45, 7) is 3.16. The van der Waals surface area contributed by atoms with Crippen molar-refractivity contribution in [2.24, 2.45) is 0 Å². The van der Waals surface area contributed by atoms with Gasteiger partial charge in [0, 0.05) is 17.4 Å². The molecule has 1 heterocycles. The van der Waals surface area contributed by atoms with Gasteiger partial charge in [-0.2, -0.15) is 0 Å². The zero-order valence-electron chi connectivity index (χ0n) is 11.6. The first-order valence-corrected chi connectivity index (χ1v) is 6.83. The van der Waals surface area contributed by atoms with Crippen LogP contribution in [0.4, 0.5) is 8.78 Å². The van der Waals surface area contributed by atoms with Crippen molar-refractivity contribution in [2.75, 3.05) is 0 Å². The van der Waals surface area contributed by atoms with Crippen molar-refractivity contribution in [1.82, 2.24) is 4.57 Å². The third-order valence-electron chi connectivity index (χ3n) is 3.47. The minimum absolute atomic E-state index is 0.248. The minimum atomic E-state index is -0.291. The lowest BCUT2D eigenvalue weighted by molar-refractivity contribution is 0.295. The smallest absolute Gasteiger partial charge is 0.128 e. The highest BCUT2D eigenvalue weighted by Crippen LogP contribution is 2.22. The molecule has 0 radical (unpaired) electrons. The van der Waals surface area contributed by atoms with Gasteiger partial charge in [-0.3, -0.25) is 0 Å². The lowest BCUT2D eigenvalue weighted by atomic mass is 10.2. The summed E-state index contributed by atoms with van der Waals surface area (Å²) in [6, 6.07) is 12.6. The van der Waals surface area contributed by atoms with Crippen LogP contribution in [0.3, 0.4) is 0 Å². The number of fused-ring (bicyclic) bond motifs is 1. The maximum atomic E-state index is 13.3. The normalized spacial score (nSPS) is 11.0. The number of aromatic nitrogens is 1. The van der Waals surface area contributed by atoms with E-state index in [9.17, 15) is 8.78 Å². The largest absolute Gasteiger partial charge is 0.487 e. The molecule has 0 atom stereocenters. The molecule has 0 aliphatic rings. The molecule has 0 fully saturated rings. The molecule has 0 unspecified atom stereocenters. The zero-order chi connectivity index (χ0) is 14.8.